The van der Waals surface area contributed by atoms with Crippen molar-refractivity contribution in [1.82, 2.24) is 25.5 Å². The summed E-state index contributed by atoms with van der Waals surface area (Å²) >= 11 is 1.59. The van der Waals surface area contributed by atoms with E-state index in [2.05, 4.69) is 20.6 Å². The molecule has 1 aromatic heterocycles. The van der Waals surface area contributed by atoms with Crippen molar-refractivity contribution < 1.29 is 18.0 Å². The molecule has 0 bridgehead atoms. The molecule has 23 heavy (non-hydrogen) atoms. The van der Waals surface area contributed by atoms with Crippen molar-refractivity contribution in [3.63, 3.8) is 0 Å². The third-order valence-corrected chi connectivity index (χ3v) is 4.53. The highest BCUT2D eigenvalue weighted by Crippen LogP contribution is 2.34. The Morgan fingerprint density at radius 2 is 2.13 bits per heavy atom. The summed E-state index contributed by atoms with van der Waals surface area (Å²) in [4.78, 5) is 14.1. The lowest BCUT2D eigenvalue weighted by molar-refractivity contribution is -0.138. The molecule has 122 valence electrons. The lowest BCUT2D eigenvalue weighted by Gasteiger charge is -2.34. The van der Waals surface area contributed by atoms with Crippen LogP contribution in [0.5, 0.6) is 0 Å². The van der Waals surface area contributed by atoms with Crippen molar-refractivity contribution in [1.29, 1.82) is 0 Å². The van der Waals surface area contributed by atoms with Crippen LogP contribution >= 0.6 is 11.8 Å². The van der Waals surface area contributed by atoms with Crippen LogP contribution in [-0.2, 0) is 6.18 Å². The molecule has 6 nitrogen and oxygen atoms in total. The number of H-pyrrole nitrogens is 1. The van der Waals surface area contributed by atoms with Crippen LogP contribution in [0.3, 0.4) is 0 Å². The second-order valence-electron chi connectivity index (χ2n) is 4.90. The van der Waals surface area contributed by atoms with Gasteiger partial charge in [0.2, 0.25) is 0 Å². The molecule has 0 aliphatic carbocycles. The quantitative estimate of drug-likeness (QED) is 0.904. The molecule has 1 aromatic carbocycles. The zero-order chi connectivity index (χ0) is 16.4. The number of hydrogen-bond acceptors (Lipinski definition) is 5. The smallest absolute Gasteiger partial charge is 0.327 e. The van der Waals surface area contributed by atoms with E-state index in [0.29, 0.717) is 23.9 Å². The maximum absolute atomic E-state index is 13.1. The van der Waals surface area contributed by atoms with Gasteiger partial charge in [-0.05, 0) is 12.1 Å². The molecule has 2 aromatic rings. The van der Waals surface area contributed by atoms with Gasteiger partial charge in [0.25, 0.3) is 5.91 Å². The Labute approximate surface area is 133 Å². The van der Waals surface area contributed by atoms with E-state index in [4.69, 9.17) is 0 Å². The summed E-state index contributed by atoms with van der Waals surface area (Å²) in [5, 5.41) is 13.5. The first kappa shape index (κ1) is 15.8. The first-order valence-corrected chi connectivity index (χ1v) is 7.92. The number of aromatic amines is 1. The van der Waals surface area contributed by atoms with Gasteiger partial charge in [0.15, 0.2) is 5.82 Å². The molecule has 0 saturated carbocycles. The number of halogens is 3. The van der Waals surface area contributed by atoms with E-state index in [1.165, 1.54) is 23.1 Å². The van der Waals surface area contributed by atoms with Crippen LogP contribution in [-0.4, -0.2) is 49.5 Å². The number of tetrazole rings is 1. The maximum Gasteiger partial charge on any atom is 0.417 e. The zero-order valence-corrected chi connectivity index (χ0v) is 12.6. The fourth-order valence-corrected chi connectivity index (χ4v) is 3.49. The van der Waals surface area contributed by atoms with Crippen molar-refractivity contribution in [2.24, 2.45) is 0 Å². The average Bonchev–Trinajstić information content (AvgIpc) is 3.08. The fraction of sp³-hybridized carbons (Fsp3) is 0.385. The normalized spacial score (nSPS) is 18.9. The standard InChI is InChI=1S/C13H12F3N5OS/c14-13(15,16)9-4-2-1-3-8(9)12(22)21-5-6-23-7-10(21)11-17-19-20-18-11/h1-4,10H,5-7H2,(H,17,18,19,20). The number of thioether (sulfide) groups is 1. The van der Waals surface area contributed by atoms with Gasteiger partial charge in [-0.1, -0.05) is 17.3 Å². The number of nitrogens with zero attached hydrogens (tertiary/aromatic N) is 4. The van der Waals surface area contributed by atoms with Crippen LogP contribution in [0.15, 0.2) is 24.3 Å². The van der Waals surface area contributed by atoms with Gasteiger partial charge in [-0.25, -0.2) is 0 Å². The molecule has 1 unspecified atom stereocenters. The molecule has 1 aliphatic heterocycles. The molecular weight excluding hydrogens is 331 g/mol. The third kappa shape index (κ3) is 3.16. The predicted molar refractivity (Wildman–Crippen MR) is 76.7 cm³/mol. The van der Waals surface area contributed by atoms with E-state index in [1.807, 2.05) is 0 Å². The van der Waals surface area contributed by atoms with E-state index in [9.17, 15) is 18.0 Å². The van der Waals surface area contributed by atoms with Gasteiger partial charge in [0.1, 0.15) is 6.04 Å². The number of nitrogens with one attached hydrogen (secondary N) is 1. The molecule has 1 atom stereocenters. The number of carbonyl (C=O) groups excluding carboxylic acids is 1. The Balaban J connectivity index is 1.96. The van der Waals surface area contributed by atoms with Crippen LogP contribution in [0.25, 0.3) is 0 Å². The van der Waals surface area contributed by atoms with Crippen LogP contribution in [0.2, 0.25) is 0 Å². The monoisotopic (exact) mass is 343 g/mol. The number of amides is 1. The molecule has 1 amide bonds. The highest BCUT2D eigenvalue weighted by Gasteiger charge is 2.38. The first-order valence-electron chi connectivity index (χ1n) is 6.77. The second-order valence-corrected chi connectivity index (χ2v) is 6.05. The molecule has 0 spiro atoms. The Kier molecular flexibility index (Phi) is 4.24. The van der Waals surface area contributed by atoms with Crippen molar-refractivity contribution in [3.8, 4) is 0 Å². The SMILES string of the molecule is O=C(c1ccccc1C(F)(F)F)N1CCSCC1c1nn[nH]n1. The van der Waals surface area contributed by atoms with Crippen molar-refractivity contribution in [2.75, 3.05) is 18.1 Å². The summed E-state index contributed by atoms with van der Waals surface area (Å²) in [6.07, 6.45) is -4.58. The molecule has 1 N–H and O–H groups in total. The minimum absolute atomic E-state index is 0.301. The average molecular weight is 343 g/mol. The van der Waals surface area contributed by atoms with Crippen LogP contribution in [0.1, 0.15) is 27.8 Å². The summed E-state index contributed by atoms with van der Waals surface area (Å²) in [7, 11) is 0. The number of carbonyl (C=O) groups is 1. The van der Waals surface area contributed by atoms with E-state index in [-0.39, 0.29) is 5.56 Å². The van der Waals surface area contributed by atoms with Gasteiger partial charge < -0.3 is 4.90 Å². The molecule has 1 saturated heterocycles. The van der Waals surface area contributed by atoms with E-state index >= 15 is 0 Å². The van der Waals surface area contributed by atoms with Crippen molar-refractivity contribution in [3.05, 3.63) is 41.2 Å². The Bertz CT molecular complexity index is 691. The molecule has 0 radical (unpaired) electrons. The molecule has 1 aliphatic rings. The summed E-state index contributed by atoms with van der Waals surface area (Å²) in [6.45, 7) is 0.328. The van der Waals surface area contributed by atoms with Gasteiger partial charge in [-0.2, -0.15) is 30.1 Å². The second kappa shape index (κ2) is 6.19. The molecular formula is C13H12F3N5OS. The Morgan fingerprint density at radius 1 is 1.35 bits per heavy atom. The number of rotatable bonds is 2. The highest BCUT2D eigenvalue weighted by atomic mass is 32.2. The lowest BCUT2D eigenvalue weighted by atomic mass is 10.0. The molecule has 10 heteroatoms. The highest BCUT2D eigenvalue weighted by molar-refractivity contribution is 7.99. The predicted octanol–water partition coefficient (Wildman–Crippen LogP) is 2.15. The van der Waals surface area contributed by atoms with Crippen LogP contribution < -0.4 is 0 Å². The van der Waals surface area contributed by atoms with Crippen molar-refractivity contribution >= 4 is 17.7 Å². The summed E-state index contributed by atoms with van der Waals surface area (Å²) in [5.41, 5.74) is -1.30. The van der Waals surface area contributed by atoms with E-state index < -0.39 is 23.7 Å². The topological polar surface area (TPSA) is 74.8 Å². The maximum atomic E-state index is 13.1. The van der Waals surface area contributed by atoms with Gasteiger partial charge in [-0.15, -0.1) is 10.2 Å². The van der Waals surface area contributed by atoms with Gasteiger partial charge >= 0.3 is 6.18 Å². The first-order chi connectivity index (χ1) is 11.0. The molecule has 1 fully saturated rings. The number of alkyl halides is 3. The number of hydrogen-bond donors (Lipinski definition) is 1. The molecule has 3 rings (SSSR count). The minimum Gasteiger partial charge on any atom is -0.327 e. The van der Waals surface area contributed by atoms with Crippen LogP contribution in [0, 0.1) is 0 Å². The Hall–Kier alpha value is -2.10. The van der Waals surface area contributed by atoms with Gasteiger partial charge in [0.05, 0.1) is 11.1 Å². The Morgan fingerprint density at radius 3 is 2.83 bits per heavy atom. The largest absolute Gasteiger partial charge is 0.417 e. The van der Waals surface area contributed by atoms with Gasteiger partial charge in [-0.3, -0.25) is 4.79 Å². The fourth-order valence-electron chi connectivity index (χ4n) is 2.44. The number of benzene rings is 1. The minimum atomic E-state index is -4.58. The van der Waals surface area contributed by atoms with Crippen LogP contribution in [0.4, 0.5) is 13.2 Å². The zero-order valence-electron chi connectivity index (χ0n) is 11.7. The third-order valence-electron chi connectivity index (χ3n) is 3.51. The van der Waals surface area contributed by atoms with E-state index in [0.717, 1.165) is 6.07 Å². The molecule has 2 heterocycles. The van der Waals surface area contributed by atoms with Gasteiger partial charge in [0, 0.05) is 18.1 Å². The van der Waals surface area contributed by atoms with E-state index in [1.54, 1.807) is 11.8 Å². The summed E-state index contributed by atoms with van der Waals surface area (Å²) in [5.74, 6) is 0.788. The number of aromatic nitrogens is 4. The summed E-state index contributed by atoms with van der Waals surface area (Å²) < 4.78 is 39.4. The lowest BCUT2D eigenvalue weighted by Crippen LogP contribution is -2.42. The van der Waals surface area contributed by atoms with Crippen molar-refractivity contribution in [2.45, 2.75) is 12.2 Å². The summed E-state index contributed by atoms with van der Waals surface area (Å²) in [6, 6.07) is 4.30.